The van der Waals surface area contributed by atoms with Gasteiger partial charge in [0.05, 0.1) is 18.3 Å². The van der Waals surface area contributed by atoms with Crippen LogP contribution in [0.3, 0.4) is 0 Å². The first-order valence-corrected chi connectivity index (χ1v) is 11.4. The minimum Gasteiger partial charge on any atom is -0.494 e. The number of ether oxygens (including phenoxy) is 1. The minimum atomic E-state index is -0.201. The van der Waals surface area contributed by atoms with E-state index in [0.29, 0.717) is 23.9 Å². The average Bonchev–Trinajstić information content (AvgIpc) is 3.32. The van der Waals surface area contributed by atoms with Crippen LogP contribution in [-0.4, -0.2) is 34.2 Å². The van der Waals surface area contributed by atoms with Crippen LogP contribution in [0.2, 0.25) is 5.02 Å². The summed E-state index contributed by atoms with van der Waals surface area (Å²) in [5.41, 5.74) is 4.26. The third-order valence-corrected chi connectivity index (χ3v) is 5.93. The number of fused-ring (bicyclic) bond motifs is 1. The van der Waals surface area contributed by atoms with Gasteiger partial charge in [0.1, 0.15) is 11.4 Å². The second-order valence-electron chi connectivity index (χ2n) is 7.90. The number of H-pyrrole nitrogens is 1. The SMILES string of the molecule is CCCCOc1cccc(C2c3c(-c4ccc(Cl)cc4)n[nH]c3C(=O)N2CCCC)c1. The highest BCUT2D eigenvalue weighted by Gasteiger charge is 2.41. The molecule has 1 aromatic heterocycles. The molecule has 0 spiro atoms. The Kier molecular flexibility index (Phi) is 6.62. The summed E-state index contributed by atoms with van der Waals surface area (Å²) in [5, 5.41) is 8.19. The van der Waals surface area contributed by atoms with Crippen LogP contribution in [0.4, 0.5) is 0 Å². The van der Waals surface area contributed by atoms with Crippen molar-refractivity contribution in [1.82, 2.24) is 15.1 Å². The summed E-state index contributed by atoms with van der Waals surface area (Å²) in [6.45, 7) is 5.67. The van der Waals surface area contributed by atoms with E-state index in [-0.39, 0.29) is 11.9 Å². The Hall–Kier alpha value is -2.79. The summed E-state index contributed by atoms with van der Waals surface area (Å²) in [5.74, 6) is 0.831. The van der Waals surface area contributed by atoms with E-state index in [2.05, 4.69) is 36.2 Å². The molecule has 162 valence electrons. The standard InChI is InChI=1S/C25H28ClN3O2/c1-3-5-14-29-24(18-8-7-9-20(16-18)31-15-6-4-2)21-22(27-28-23(21)25(29)30)17-10-12-19(26)13-11-17/h7-13,16,24H,3-6,14-15H2,1-2H3,(H,27,28). The average molecular weight is 438 g/mol. The van der Waals surface area contributed by atoms with Crippen LogP contribution < -0.4 is 4.74 Å². The number of unbranched alkanes of at least 4 members (excludes halogenated alkanes) is 2. The number of nitrogens with one attached hydrogen (secondary N) is 1. The fourth-order valence-electron chi connectivity index (χ4n) is 4.04. The fraction of sp³-hybridized carbons (Fsp3) is 0.360. The zero-order valence-corrected chi connectivity index (χ0v) is 18.8. The van der Waals surface area contributed by atoms with E-state index in [1.54, 1.807) is 0 Å². The van der Waals surface area contributed by atoms with Crippen molar-refractivity contribution in [3.05, 3.63) is 70.4 Å². The van der Waals surface area contributed by atoms with Crippen molar-refractivity contribution < 1.29 is 9.53 Å². The van der Waals surface area contributed by atoms with Crippen molar-refractivity contribution in [1.29, 1.82) is 0 Å². The molecule has 1 atom stereocenters. The number of nitrogens with zero attached hydrogens (tertiary/aromatic N) is 2. The zero-order chi connectivity index (χ0) is 21.8. The van der Waals surface area contributed by atoms with Gasteiger partial charge in [-0.05, 0) is 42.7 Å². The van der Waals surface area contributed by atoms with Gasteiger partial charge in [0.2, 0.25) is 0 Å². The van der Waals surface area contributed by atoms with E-state index in [1.807, 2.05) is 41.3 Å². The van der Waals surface area contributed by atoms with Crippen LogP contribution in [0.1, 0.15) is 67.2 Å². The molecule has 6 heteroatoms. The summed E-state index contributed by atoms with van der Waals surface area (Å²) in [4.78, 5) is 15.2. The molecule has 0 saturated heterocycles. The number of aromatic amines is 1. The maximum absolute atomic E-state index is 13.3. The molecule has 1 N–H and O–H groups in total. The molecule has 1 aliphatic rings. The van der Waals surface area contributed by atoms with E-state index in [9.17, 15) is 4.79 Å². The van der Waals surface area contributed by atoms with Crippen molar-refractivity contribution in [2.75, 3.05) is 13.2 Å². The highest BCUT2D eigenvalue weighted by Crippen LogP contribution is 2.43. The zero-order valence-electron chi connectivity index (χ0n) is 18.0. The molecule has 3 aromatic rings. The van der Waals surface area contributed by atoms with Gasteiger partial charge in [-0.15, -0.1) is 0 Å². The number of halogens is 1. The van der Waals surface area contributed by atoms with Crippen molar-refractivity contribution in [2.45, 2.75) is 45.6 Å². The van der Waals surface area contributed by atoms with Gasteiger partial charge in [-0.3, -0.25) is 9.89 Å². The number of carbonyl (C=O) groups excluding carboxylic acids is 1. The quantitative estimate of drug-likeness (QED) is 0.402. The molecule has 1 unspecified atom stereocenters. The molecule has 2 aromatic carbocycles. The maximum Gasteiger partial charge on any atom is 0.273 e. The van der Waals surface area contributed by atoms with Gasteiger partial charge >= 0.3 is 0 Å². The van der Waals surface area contributed by atoms with Crippen LogP contribution in [0.5, 0.6) is 5.75 Å². The predicted octanol–water partition coefficient (Wildman–Crippen LogP) is 6.25. The molecule has 1 aliphatic heterocycles. The molecule has 2 heterocycles. The summed E-state index contributed by atoms with van der Waals surface area (Å²) in [6, 6.07) is 15.5. The smallest absolute Gasteiger partial charge is 0.273 e. The van der Waals surface area contributed by atoms with E-state index in [0.717, 1.165) is 53.8 Å². The van der Waals surface area contributed by atoms with Gasteiger partial charge in [-0.1, -0.05) is 62.6 Å². The molecule has 0 bridgehead atoms. The Morgan fingerprint density at radius 1 is 1.10 bits per heavy atom. The summed E-state index contributed by atoms with van der Waals surface area (Å²) < 4.78 is 5.95. The van der Waals surface area contributed by atoms with Crippen LogP contribution in [0.15, 0.2) is 48.5 Å². The lowest BCUT2D eigenvalue weighted by molar-refractivity contribution is 0.0741. The third kappa shape index (κ3) is 4.33. The lowest BCUT2D eigenvalue weighted by Crippen LogP contribution is -2.30. The van der Waals surface area contributed by atoms with Crippen LogP contribution in [0.25, 0.3) is 11.3 Å². The fourth-order valence-corrected chi connectivity index (χ4v) is 4.16. The number of aromatic nitrogens is 2. The lowest BCUT2D eigenvalue weighted by Gasteiger charge is -2.26. The van der Waals surface area contributed by atoms with Crippen molar-refractivity contribution in [2.24, 2.45) is 0 Å². The Balaban J connectivity index is 1.76. The Morgan fingerprint density at radius 3 is 2.61 bits per heavy atom. The Morgan fingerprint density at radius 2 is 1.87 bits per heavy atom. The number of rotatable bonds is 9. The largest absolute Gasteiger partial charge is 0.494 e. The van der Waals surface area contributed by atoms with Crippen molar-refractivity contribution in [3.8, 4) is 17.0 Å². The molecule has 1 amide bonds. The van der Waals surface area contributed by atoms with Gasteiger partial charge in [0.15, 0.2) is 0 Å². The second-order valence-corrected chi connectivity index (χ2v) is 8.33. The minimum absolute atomic E-state index is 0.00142. The summed E-state index contributed by atoms with van der Waals surface area (Å²) in [7, 11) is 0. The molecule has 0 radical (unpaired) electrons. The third-order valence-electron chi connectivity index (χ3n) is 5.67. The van der Waals surface area contributed by atoms with E-state index in [4.69, 9.17) is 16.3 Å². The van der Waals surface area contributed by atoms with E-state index < -0.39 is 0 Å². The number of benzene rings is 2. The maximum atomic E-state index is 13.3. The Bertz CT molecular complexity index is 1050. The molecule has 5 nitrogen and oxygen atoms in total. The highest BCUT2D eigenvalue weighted by molar-refractivity contribution is 6.30. The van der Waals surface area contributed by atoms with Crippen LogP contribution in [0, 0.1) is 0 Å². The van der Waals surface area contributed by atoms with E-state index >= 15 is 0 Å². The molecular weight excluding hydrogens is 410 g/mol. The first-order valence-electron chi connectivity index (χ1n) is 11.0. The first kappa shape index (κ1) is 21.4. The summed E-state index contributed by atoms with van der Waals surface area (Å²) >= 11 is 6.08. The number of hydrogen-bond donors (Lipinski definition) is 1. The molecule has 4 rings (SSSR count). The molecule has 0 fully saturated rings. The predicted molar refractivity (Wildman–Crippen MR) is 124 cm³/mol. The van der Waals surface area contributed by atoms with Crippen molar-refractivity contribution in [3.63, 3.8) is 0 Å². The molecule has 0 aliphatic carbocycles. The van der Waals surface area contributed by atoms with Crippen LogP contribution >= 0.6 is 11.6 Å². The Labute approximate surface area is 188 Å². The normalized spacial score (nSPS) is 15.4. The van der Waals surface area contributed by atoms with Crippen LogP contribution in [-0.2, 0) is 0 Å². The lowest BCUT2D eigenvalue weighted by atomic mass is 9.96. The monoisotopic (exact) mass is 437 g/mol. The number of amides is 1. The van der Waals surface area contributed by atoms with E-state index in [1.165, 1.54) is 0 Å². The van der Waals surface area contributed by atoms with Gasteiger partial charge in [0, 0.05) is 22.7 Å². The summed E-state index contributed by atoms with van der Waals surface area (Å²) in [6.07, 6.45) is 4.07. The van der Waals surface area contributed by atoms with Gasteiger partial charge in [-0.25, -0.2) is 0 Å². The van der Waals surface area contributed by atoms with Crippen molar-refractivity contribution >= 4 is 17.5 Å². The first-order chi connectivity index (χ1) is 15.1. The van der Waals surface area contributed by atoms with Gasteiger partial charge in [-0.2, -0.15) is 5.10 Å². The number of hydrogen-bond acceptors (Lipinski definition) is 3. The topological polar surface area (TPSA) is 58.2 Å². The molecule has 0 saturated carbocycles. The van der Waals surface area contributed by atoms with Gasteiger partial charge < -0.3 is 9.64 Å². The number of carbonyl (C=O) groups is 1. The molecule has 31 heavy (non-hydrogen) atoms. The second kappa shape index (κ2) is 9.56. The molecular formula is C25H28ClN3O2. The van der Waals surface area contributed by atoms with Gasteiger partial charge in [0.25, 0.3) is 5.91 Å². The highest BCUT2D eigenvalue weighted by atomic mass is 35.5.